The minimum Gasteiger partial charge on any atom is -0.353 e. The van der Waals surface area contributed by atoms with E-state index in [1.54, 1.807) is 47.7 Å². The Morgan fingerprint density at radius 2 is 2.10 bits per heavy atom. The van der Waals surface area contributed by atoms with Crippen LogP contribution in [0, 0.1) is 11.2 Å². The Hall–Kier alpha value is -3.36. The molecule has 1 atom stereocenters. The molecule has 29 heavy (non-hydrogen) atoms. The van der Waals surface area contributed by atoms with Crippen molar-refractivity contribution < 1.29 is 9.18 Å². The number of amides is 1. The zero-order valence-corrected chi connectivity index (χ0v) is 16.3. The molecule has 2 aromatic heterocycles. The average Bonchev–Trinajstić information content (AvgIpc) is 3.12. The van der Waals surface area contributed by atoms with Gasteiger partial charge in [0.1, 0.15) is 18.0 Å². The molecule has 0 bridgehead atoms. The van der Waals surface area contributed by atoms with Crippen LogP contribution in [0.2, 0.25) is 0 Å². The summed E-state index contributed by atoms with van der Waals surface area (Å²) < 4.78 is 16.1. The molecule has 0 aliphatic carbocycles. The van der Waals surface area contributed by atoms with Crippen LogP contribution in [-0.4, -0.2) is 43.7 Å². The Labute approximate surface area is 167 Å². The third kappa shape index (κ3) is 3.67. The second-order valence-corrected chi connectivity index (χ2v) is 7.46. The van der Waals surface area contributed by atoms with E-state index >= 15 is 0 Å². The third-order valence-corrected chi connectivity index (χ3v) is 5.31. The maximum absolute atomic E-state index is 14.3. The van der Waals surface area contributed by atoms with Crippen LogP contribution in [0.15, 0.2) is 49.2 Å². The maximum Gasteiger partial charge on any atom is 0.230 e. The van der Waals surface area contributed by atoms with Gasteiger partial charge < -0.3 is 14.8 Å². The lowest BCUT2D eigenvalue weighted by molar-refractivity contribution is -0.133. The number of benzene rings is 1. The van der Waals surface area contributed by atoms with Gasteiger partial charge in [-0.25, -0.2) is 9.37 Å². The van der Waals surface area contributed by atoms with Gasteiger partial charge in [0.05, 0.1) is 17.7 Å². The number of aromatic nitrogens is 5. The molecule has 8 nitrogen and oxygen atoms in total. The summed E-state index contributed by atoms with van der Waals surface area (Å²) in [6.45, 7) is 2.71. The first-order valence-electron chi connectivity index (χ1n) is 9.38. The van der Waals surface area contributed by atoms with Crippen molar-refractivity contribution in [3.05, 3.63) is 66.4 Å². The normalized spacial score (nSPS) is 16.2. The Morgan fingerprint density at radius 1 is 1.31 bits per heavy atom. The molecule has 1 N–H and O–H groups in total. The van der Waals surface area contributed by atoms with Crippen molar-refractivity contribution in [2.75, 3.05) is 18.0 Å². The summed E-state index contributed by atoms with van der Waals surface area (Å²) >= 11 is 0. The van der Waals surface area contributed by atoms with Gasteiger partial charge in [-0.3, -0.25) is 9.78 Å². The number of nitrogens with one attached hydrogen (secondary N) is 1. The Bertz CT molecular complexity index is 1000. The van der Waals surface area contributed by atoms with Gasteiger partial charge in [-0.2, -0.15) is 0 Å². The van der Waals surface area contributed by atoms with Crippen LogP contribution < -0.4 is 10.2 Å². The first kappa shape index (κ1) is 19.0. The third-order valence-electron chi connectivity index (χ3n) is 5.31. The highest BCUT2D eigenvalue weighted by molar-refractivity contribution is 5.86. The van der Waals surface area contributed by atoms with Crippen molar-refractivity contribution in [1.29, 1.82) is 0 Å². The van der Waals surface area contributed by atoms with Crippen LogP contribution in [0.25, 0.3) is 0 Å². The number of nitrogens with zero attached hydrogens (tertiary/aromatic N) is 6. The van der Waals surface area contributed by atoms with E-state index in [1.165, 1.54) is 6.07 Å². The number of carbonyl (C=O) groups excluding carboxylic acids is 1. The number of anilines is 1. The minimum absolute atomic E-state index is 0.142. The molecule has 9 heteroatoms. The molecule has 1 aliphatic heterocycles. The number of carbonyl (C=O) groups is 1. The van der Waals surface area contributed by atoms with Gasteiger partial charge in [0, 0.05) is 32.5 Å². The molecular weight excluding hydrogens is 373 g/mol. The van der Waals surface area contributed by atoms with Crippen molar-refractivity contribution in [2.24, 2.45) is 12.5 Å². The van der Waals surface area contributed by atoms with Gasteiger partial charge in [0.2, 0.25) is 5.91 Å². The summed E-state index contributed by atoms with van der Waals surface area (Å²) in [5.41, 5.74) is -0.250. The van der Waals surface area contributed by atoms with Gasteiger partial charge >= 0.3 is 0 Å². The highest BCUT2D eigenvalue weighted by Crippen LogP contribution is 2.38. The molecule has 150 valence electrons. The fourth-order valence-electron chi connectivity index (χ4n) is 3.74. The zero-order valence-electron chi connectivity index (χ0n) is 16.3. The molecule has 0 saturated carbocycles. The van der Waals surface area contributed by atoms with Crippen molar-refractivity contribution in [1.82, 2.24) is 30.0 Å². The van der Waals surface area contributed by atoms with Gasteiger partial charge in [-0.15, -0.1) is 10.2 Å². The van der Waals surface area contributed by atoms with Gasteiger partial charge in [0.15, 0.2) is 5.82 Å². The van der Waals surface area contributed by atoms with Crippen molar-refractivity contribution in [2.45, 2.75) is 19.4 Å². The van der Waals surface area contributed by atoms with Gasteiger partial charge in [-0.05, 0) is 25.0 Å². The topological polar surface area (TPSA) is 88.8 Å². The lowest BCUT2D eigenvalue weighted by atomic mass is 9.73. The molecule has 1 amide bonds. The smallest absolute Gasteiger partial charge is 0.230 e. The van der Waals surface area contributed by atoms with Crippen LogP contribution in [0.4, 0.5) is 10.2 Å². The molecule has 1 aromatic carbocycles. The first-order chi connectivity index (χ1) is 14.0. The summed E-state index contributed by atoms with van der Waals surface area (Å²) in [5, 5.41) is 11.0. The molecule has 0 spiro atoms. The molecule has 3 aromatic rings. The first-order valence-corrected chi connectivity index (χ1v) is 9.38. The number of aryl methyl sites for hydroxylation is 1. The summed E-state index contributed by atoms with van der Waals surface area (Å²) in [7, 11) is 1.83. The quantitative estimate of drug-likeness (QED) is 0.683. The zero-order chi connectivity index (χ0) is 20.4. The summed E-state index contributed by atoms with van der Waals surface area (Å²) in [6.07, 6.45) is 6.76. The molecule has 3 heterocycles. The fraction of sp³-hybridized carbons (Fsp3) is 0.350. The van der Waals surface area contributed by atoms with Crippen LogP contribution in [-0.2, 0) is 18.3 Å². The van der Waals surface area contributed by atoms with E-state index in [0.717, 1.165) is 0 Å². The summed E-state index contributed by atoms with van der Waals surface area (Å²) in [4.78, 5) is 23.7. The molecule has 0 radical (unpaired) electrons. The van der Waals surface area contributed by atoms with Crippen molar-refractivity contribution >= 4 is 11.7 Å². The number of hydrogen-bond donors (Lipinski definition) is 1. The molecule has 1 saturated heterocycles. The van der Waals surface area contributed by atoms with E-state index in [2.05, 4.69) is 25.5 Å². The van der Waals surface area contributed by atoms with Gasteiger partial charge in [-0.1, -0.05) is 18.2 Å². The number of hydrogen-bond acceptors (Lipinski definition) is 6. The van der Waals surface area contributed by atoms with Gasteiger partial charge in [0.25, 0.3) is 0 Å². The Morgan fingerprint density at radius 3 is 2.76 bits per heavy atom. The monoisotopic (exact) mass is 395 g/mol. The molecule has 4 rings (SSSR count). The Balaban J connectivity index is 1.56. The Kier molecular flexibility index (Phi) is 4.96. The molecule has 1 aliphatic rings. The second-order valence-electron chi connectivity index (χ2n) is 7.46. The fourth-order valence-corrected chi connectivity index (χ4v) is 3.74. The van der Waals surface area contributed by atoms with Crippen LogP contribution >= 0.6 is 0 Å². The average molecular weight is 395 g/mol. The predicted molar refractivity (Wildman–Crippen MR) is 104 cm³/mol. The van der Waals surface area contributed by atoms with E-state index in [9.17, 15) is 9.18 Å². The highest BCUT2D eigenvalue weighted by atomic mass is 19.1. The lowest BCUT2D eigenvalue weighted by Crippen LogP contribution is -2.65. The lowest BCUT2D eigenvalue weighted by Gasteiger charge is -2.49. The van der Waals surface area contributed by atoms with Crippen molar-refractivity contribution in [3.63, 3.8) is 0 Å². The van der Waals surface area contributed by atoms with E-state index < -0.39 is 5.41 Å². The summed E-state index contributed by atoms with van der Waals surface area (Å²) in [5.74, 6) is 0.908. The summed E-state index contributed by atoms with van der Waals surface area (Å²) in [6, 6.07) is 6.25. The molecule has 1 fully saturated rings. The minimum atomic E-state index is -0.771. The number of rotatable bonds is 6. The predicted octanol–water partition coefficient (Wildman–Crippen LogP) is 1.67. The molecular formula is C20H22FN7O. The van der Waals surface area contributed by atoms with E-state index in [1.807, 2.05) is 18.9 Å². The van der Waals surface area contributed by atoms with E-state index in [4.69, 9.17) is 0 Å². The maximum atomic E-state index is 14.3. The largest absolute Gasteiger partial charge is 0.353 e. The standard InChI is InChI=1S/C20H22FN7O/c1-14(18-26-24-13-27(18)2)25-19(29)20(9-15-5-3-4-6-16(15)21)11-28(12-20)17-10-22-7-8-23-17/h3-8,10,13-14H,9,11-12H2,1-2H3,(H,25,29). The highest BCUT2D eigenvalue weighted by Gasteiger charge is 2.50. The van der Waals surface area contributed by atoms with E-state index in [0.29, 0.717) is 36.7 Å². The van der Waals surface area contributed by atoms with E-state index in [-0.39, 0.29) is 17.8 Å². The SMILES string of the molecule is CC(NC(=O)C1(Cc2ccccc2F)CN(c2cnccn2)C1)c1nncn1C. The number of halogens is 1. The van der Waals surface area contributed by atoms with Crippen LogP contribution in [0.5, 0.6) is 0 Å². The van der Waals surface area contributed by atoms with Crippen LogP contribution in [0.1, 0.15) is 24.4 Å². The second kappa shape index (κ2) is 7.57. The molecule has 1 unspecified atom stereocenters. The van der Waals surface area contributed by atoms with Crippen molar-refractivity contribution in [3.8, 4) is 0 Å². The van der Waals surface area contributed by atoms with Crippen LogP contribution in [0.3, 0.4) is 0 Å².